The van der Waals surface area contributed by atoms with Crippen molar-refractivity contribution in [3.63, 3.8) is 0 Å². The van der Waals surface area contributed by atoms with Crippen LogP contribution in [0, 0.1) is 5.41 Å². The van der Waals surface area contributed by atoms with E-state index in [-0.39, 0.29) is 11.6 Å². The fourth-order valence-electron chi connectivity index (χ4n) is 3.50. The second kappa shape index (κ2) is 5.87. The van der Waals surface area contributed by atoms with Gasteiger partial charge in [-0.15, -0.1) is 0 Å². The molecule has 0 aromatic carbocycles. The van der Waals surface area contributed by atoms with Crippen molar-refractivity contribution in [1.29, 1.82) is 0 Å². The predicted molar refractivity (Wildman–Crippen MR) is 96.4 cm³/mol. The number of carbonyl (C=O) groups excluding carboxylic acids is 1. The van der Waals surface area contributed by atoms with Gasteiger partial charge in [-0.05, 0) is 25.8 Å². The lowest BCUT2D eigenvalue weighted by Gasteiger charge is -2.38. The molecule has 2 atom stereocenters. The number of hydrogen-bond acceptors (Lipinski definition) is 5. The number of anilines is 2. The number of aromatic nitrogens is 2. The molecular formula is C17H23N5O4. The van der Waals surface area contributed by atoms with Crippen LogP contribution >= 0.6 is 0 Å². The van der Waals surface area contributed by atoms with Gasteiger partial charge < -0.3 is 21.3 Å². The van der Waals surface area contributed by atoms with E-state index in [1.165, 1.54) is 16.9 Å². The molecule has 0 bridgehead atoms. The van der Waals surface area contributed by atoms with Gasteiger partial charge in [-0.25, -0.2) is 9.31 Å². The average molecular weight is 361 g/mol. The zero-order valence-corrected chi connectivity index (χ0v) is 14.9. The van der Waals surface area contributed by atoms with Crippen LogP contribution in [0.15, 0.2) is 18.5 Å². The highest BCUT2D eigenvalue weighted by Crippen LogP contribution is 2.47. The van der Waals surface area contributed by atoms with E-state index in [2.05, 4.69) is 15.7 Å². The number of hydrogen-bond donors (Lipinski definition) is 5. The fourth-order valence-corrected chi connectivity index (χ4v) is 3.50. The van der Waals surface area contributed by atoms with Crippen molar-refractivity contribution in [2.45, 2.75) is 45.3 Å². The summed E-state index contributed by atoms with van der Waals surface area (Å²) in [5, 5.41) is 29.3. The first-order valence-electron chi connectivity index (χ1n) is 8.33. The third-order valence-corrected chi connectivity index (χ3v) is 5.65. The van der Waals surface area contributed by atoms with Crippen LogP contribution in [-0.2, 0) is 0 Å². The van der Waals surface area contributed by atoms with Crippen LogP contribution in [0.25, 0.3) is 5.52 Å². The van der Waals surface area contributed by atoms with Crippen molar-refractivity contribution in [3.8, 4) is 0 Å². The molecule has 9 heteroatoms. The zero-order chi connectivity index (χ0) is 19.3. The Morgan fingerprint density at radius 1 is 1.38 bits per heavy atom. The molecular weight excluding hydrogens is 338 g/mol. The monoisotopic (exact) mass is 361 g/mol. The molecule has 6 N–H and O–H groups in total. The molecule has 9 nitrogen and oxygen atoms in total. The Bertz CT molecular complexity index is 887. The molecule has 0 aliphatic heterocycles. The first kappa shape index (κ1) is 18.0. The van der Waals surface area contributed by atoms with Crippen molar-refractivity contribution in [2.75, 3.05) is 10.6 Å². The molecule has 1 saturated carbocycles. The quantitative estimate of drug-likeness (QED) is 0.563. The van der Waals surface area contributed by atoms with E-state index >= 15 is 0 Å². The first-order chi connectivity index (χ1) is 12.0. The summed E-state index contributed by atoms with van der Waals surface area (Å²) in [4.78, 5) is 22.8. The summed E-state index contributed by atoms with van der Waals surface area (Å²) in [7, 11) is 0. The normalized spacial score (nSPS) is 24.5. The minimum absolute atomic E-state index is 0.104. The van der Waals surface area contributed by atoms with Crippen LogP contribution in [0.1, 0.15) is 44.0 Å². The van der Waals surface area contributed by atoms with E-state index in [1.807, 2.05) is 13.8 Å². The molecule has 2 aromatic rings. The number of nitrogens with zero attached hydrogens (tertiary/aromatic N) is 2. The largest absolute Gasteiger partial charge is 0.465 e. The smallest absolute Gasteiger partial charge is 0.409 e. The number of carbonyl (C=O) groups is 2. The number of amides is 2. The van der Waals surface area contributed by atoms with Gasteiger partial charge in [-0.2, -0.15) is 5.10 Å². The average Bonchev–Trinajstić information content (AvgIpc) is 2.99. The van der Waals surface area contributed by atoms with E-state index in [9.17, 15) is 14.7 Å². The van der Waals surface area contributed by atoms with Crippen LogP contribution in [0.2, 0.25) is 0 Å². The topological polar surface area (TPSA) is 142 Å². The van der Waals surface area contributed by atoms with Gasteiger partial charge in [0.2, 0.25) is 0 Å². The van der Waals surface area contributed by atoms with Gasteiger partial charge in [0.25, 0.3) is 5.91 Å². The first-order valence-corrected chi connectivity index (χ1v) is 8.33. The highest BCUT2D eigenvalue weighted by atomic mass is 16.4. The summed E-state index contributed by atoms with van der Waals surface area (Å²) < 4.78 is 1.47. The van der Waals surface area contributed by atoms with Gasteiger partial charge in [0.05, 0.1) is 40.4 Å². The van der Waals surface area contributed by atoms with E-state index in [0.29, 0.717) is 29.7 Å². The Balaban J connectivity index is 2.08. The summed E-state index contributed by atoms with van der Waals surface area (Å²) in [6, 6.07) is 1.48. The molecule has 0 spiro atoms. The molecule has 0 radical (unpaired) electrons. The third kappa shape index (κ3) is 2.84. The molecule has 3 rings (SSSR count). The number of fused-ring (bicyclic) bond motifs is 1. The van der Waals surface area contributed by atoms with Gasteiger partial charge in [-0.1, -0.05) is 13.8 Å². The van der Waals surface area contributed by atoms with Crippen LogP contribution in [0.4, 0.5) is 16.2 Å². The van der Waals surface area contributed by atoms with Crippen LogP contribution in [0.3, 0.4) is 0 Å². The Hall–Kier alpha value is -2.81. The van der Waals surface area contributed by atoms with E-state index in [1.54, 1.807) is 13.0 Å². The maximum absolute atomic E-state index is 11.9. The lowest BCUT2D eigenvalue weighted by atomic mass is 9.76. The number of rotatable bonds is 4. The van der Waals surface area contributed by atoms with Gasteiger partial charge in [-0.3, -0.25) is 10.1 Å². The van der Waals surface area contributed by atoms with Gasteiger partial charge in [0.1, 0.15) is 0 Å². The maximum atomic E-state index is 11.9. The number of nitrogens with two attached hydrogens (primary N) is 1. The van der Waals surface area contributed by atoms with Crippen molar-refractivity contribution in [1.82, 2.24) is 9.61 Å². The molecule has 26 heavy (non-hydrogen) atoms. The Morgan fingerprint density at radius 3 is 2.62 bits per heavy atom. The standard InChI is InChI=1S/C17H23N5O4/c1-16(2)12(4-5-17(16,3)26)21-13-10(14(18)23)7-19-22-8-9(6-11(13)22)20-15(24)25/h6-8,12,20-21,26H,4-5H2,1-3H3,(H2,18,23)(H,24,25)/t12-,17+/m1/s1. The predicted octanol–water partition coefficient (Wildman–Crippen LogP) is 1.87. The summed E-state index contributed by atoms with van der Waals surface area (Å²) >= 11 is 0. The summed E-state index contributed by atoms with van der Waals surface area (Å²) in [5.41, 5.74) is 5.73. The SMILES string of the molecule is CC1(C)[C@H](Nc2c(C(N)=O)cnn3cc(NC(=O)O)cc23)CC[C@]1(C)O. The Labute approximate surface area is 150 Å². The van der Waals surface area contributed by atoms with Crippen molar-refractivity contribution < 1.29 is 19.8 Å². The van der Waals surface area contributed by atoms with Crippen LogP contribution in [-0.4, -0.2) is 43.5 Å². The lowest BCUT2D eigenvalue weighted by molar-refractivity contribution is -0.0283. The Kier molecular flexibility index (Phi) is 4.06. The molecule has 2 aromatic heterocycles. The molecule has 0 unspecified atom stereocenters. The number of carboxylic acid groups (broad SMARTS) is 1. The van der Waals surface area contributed by atoms with Crippen LogP contribution < -0.4 is 16.4 Å². The number of primary amides is 1. The summed E-state index contributed by atoms with van der Waals surface area (Å²) in [6.07, 6.45) is 3.00. The van der Waals surface area contributed by atoms with Crippen molar-refractivity contribution in [2.24, 2.45) is 11.1 Å². The highest BCUT2D eigenvalue weighted by Gasteiger charge is 2.50. The highest BCUT2D eigenvalue weighted by molar-refractivity contribution is 6.02. The van der Waals surface area contributed by atoms with Crippen molar-refractivity contribution in [3.05, 3.63) is 24.0 Å². The number of nitrogens with one attached hydrogen (secondary N) is 2. The van der Waals surface area contributed by atoms with Gasteiger partial charge >= 0.3 is 6.09 Å². The molecule has 2 amide bonds. The second-order valence-corrected chi connectivity index (χ2v) is 7.52. The molecule has 0 saturated heterocycles. The summed E-state index contributed by atoms with van der Waals surface area (Å²) in [5.74, 6) is -0.640. The summed E-state index contributed by atoms with van der Waals surface area (Å²) in [6.45, 7) is 5.74. The van der Waals surface area contributed by atoms with E-state index < -0.39 is 23.0 Å². The Morgan fingerprint density at radius 2 is 2.08 bits per heavy atom. The van der Waals surface area contributed by atoms with Crippen LogP contribution in [0.5, 0.6) is 0 Å². The van der Waals surface area contributed by atoms with Gasteiger partial charge in [0.15, 0.2) is 0 Å². The van der Waals surface area contributed by atoms with E-state index in [4.69, 9.17) is 10.8 Å². The van der Waals surface area contributed by atoms with Gasteiger partial charge in [0, 0.05) is 11.5 Å². The second-order valence-electron chi connectivity index (χ2n) is 7.52. The molecule has 1 aliphatic rings. The molecule has 1 aliphatic carbocycles. The van der Waals surface area contributed by atoms with Crippen molar-refractivity contribution >= 4 is 28.9 Å². The molecule has 140 valence electrons. The molecule has 2 heterocycles. The zero-order valence-electron chi connectivity index (χ0n) is 14.9. The molecule has 1 fully saturated rings. The fraction of sp³-hybridized carbons (Fsp3) is 0.471. The lowest BCUT2D eigenvalue weighted by Crippen LogP contribution is -2.45. The minimum atomic E-state index is -1.20. The number of aliphatic hydroxyl groups is 1. The van der Waals surface area contributed by atoms with E-state index in [0.717, 1.165) is 0 Å². The third-order valence-electron chi connectivity index (χ3n) is 5.65. The minimum Gasteiger partial charge on any atom is -0.465 e. The maximum Gasteiger partial charge on any atom is 0.409 e.